The Morgan fingerprint density at radius 3 is 2.55 bits per heavy atom. The minimum absolute atomic E-state index is 0.0790. The first-order valence-corrected chi connectivity index (χ1v) is 13.8. The van der Waals surface area contributed by atoms with Crippen molar-refractivity contribution in [3.05, 3.63) is 88.7 Å². The number of ether oxygens (including phenoxy) is 2. The van der Waals surface area contributed by atoms with Crippen LogP contribution in [0.5, 0.6) is 11.5 Å². The van der Waals surface area contributed by atoms with Gasteiger partial charge in [-0.2, -0.15) is 9.41 Å². The average molecular weight is 560 g/mol. The molecule has 3 aromatic rings. The number of hydrogen-bond acceptors (Lipinski definition) is 6. The number of carbonyl (C=O) groups is 1. The number of rotatable bonds is 10. The zero-order chi connectivity index (χ0) is 27.1. The monoisotopic (exact) mass is 559 g/mol. The van der Waals surface area contributed by atoms with E-state index >= 15 is 0 Å². The van der Waals surface area contributed by atoms with Crippen LogP contribution in [0.15, 0.2) is 76.7 Å². The Morgan fingerprint density at radius 1 is 1.11 bits per heavy atom. The molecule has 0 unspecified atom stereocenters. The minimum Gasteiger partial charge on any atom is -0.490 e. The lowest BCUT2D eigenvalue weighted by atomic mass is 10.2. The molecule has 0 spiro atoms. The lowest BCUT2D eigenvalue weighted by Crippen LogP contribution is -2.44. The van der Waals surface area contributed by atoms with Crippen molar-refractivity contribution in [3.8, 4) is 11.5 Å². The summed E-state index contributed by atoms with van der Waals surface area (Å²) in [5.74, 6) is 0.163. The van der Waals surface area contributed by atoms with Crippen LogP contribution in [0.25, 0.3) is 0 Å². The van der Waals surface area contributed by atoms with E-state index in [0.29, 0.717) is 41.5 Å². The van der Waals surface area contributed by atoms with Gasteiger partial charge in [-0.1, -0.05) is 23.7 Å². The molecule has 0 radical (unpaired) electrons. The first-order valence-electron chi connectivity index (χ1n) is 12.0. The largest absolute Gasteiger partial charge is 0.490 e. The number of benzene rings is 3. The predicted octanol–water partition coefficient (Wildman–Crippen LogP) is 4.76. The molecular weight excluding hydrogens is 533 g/mol. The summed E-state index contributed by atoms with van der Waals surface area (Å²) in [7, 11) is -3.86. The highest BCUT2D eigenvalue weighted by Gasteiger charge is 2.39. The van der Waals surface area contributed by atoms with Crippen LogP contribution >= 0.6 is 11.6 Å². The van der Waals surface area contributed by atoms with Gasteiger partial charge in [-0.3, -0.25) is 4.79 Å². The second-order valence-corrected chi connectivity index (χ2v) is 10.8. The molecular formula is C27H27ClFN3O5S. The molecule has 200 valence electrons. The highest BCUT2D eigenvalue weighted by Crippen LogP contribution is 2.29. The Balaban J connectivity index is 1.40. The second kappa shape index (κ2) is 12.4. The minimum atomic E-state index is -3.86. The number of nitrogens with one attached hydrogen (secondary N) is 1. The van der Waals surface area contributed by atoms with E-state index in [1.807, 2.05) is 6.92 Å². The van der Waals surface area contributed by atoms with E-state index in [0.717, 1.165) is 5.56 Å². The van der Waals surface area contributed by atoms with Gasteiger partial charge in [0.15, 0.2) is 11.5 Å². The summed E-state index contributed by atoms with van der Waals surface area (Å²) in [5.41, 5.74) is 3.90. The fourth-order valence-electron chi connectivity index (χ4n) is 4.01. The van der Waals surface area contributed by atoms with Crippen LogP contribution in [0.2, 0.25) is 5.02 Å². The summed E-state index contributed by atoms with van der Waals surface area (Å²) >= 11 is 5.88. The summed E-state index contributed by atoms with van der Waals surface area (Å²) < 4.78 is 52.0. The Morgan fingerprint density at radius 2 is 1.84 bits per heavy atom. The van der Waals surface area contributed by atoms with E-state index in [1.165, 1.54) is 46.9 Å². The van der Waals surface area contributed by atoms with Gasteiger partial charge in [-0.15, -0.1) is 0 Å². The van der Waals surface area contributed by atoms with Gasteiger partial charge in [-0.05, 0) is 85.5 Å². The van der Waals surface area contributed by atoms with Gasteiger partial charge < -0.3 is 9.47 Å². The van der Waals surface area contributed by atoms with E-state index in [1.54, 1.807) is 30.3 Å². The third-order valence-corrected chi connectivity index (χ3v) is 8.06. The maximum Gasteiger partial charge on any atom is 0.258 e. The highest BCUT2D eigenvalue weighted by molar-refractivity contribution is 7.89. The van der Waals surface area contributed by atoms with Crippen molar-refractivity contribution in [1.29, 1.82) is 0 Å². The van der Waals surface area contributed by atoms with Crippen LogP contribution in [0.4, 0.5) is 4.39 Å². The molecule has 1 aliphatic rings. The van der Waals surface area contributed by atoms with Crippen molar-refractivity contribution in [2.75, 3.05) is 13.2 Å². The van der Waals surface area contributed by atoms with Gasteiger partial charge in [0.05, 0.1) is 17.7 Å². The molecule has 1 atom stereocenters. The van der Waals surface area contributed by atoms with Gasteiger partial charge in [-0.25, -0.2) is 18.2 Å². The molecule has 1 fully saturated rings. The van der Waals surface area contributed by atoms with Gasteiger partial charge in [0.1, 0.15) is 18.5 Å². The Kier molecular flexibility index (Phi) is 8.98. The van der Waals surface area contributed by atoms with Crippen LogP contribution in [-0.2, 0) is 21.4 Å². The number of carbonyl (C=O) groups excluding carboxylic acids is 1. The molecule has 1 amide bonds. The second-order valence-electron chi connectivity index (χ2n) is 8.52. The summed E-state index contributed by atoms with van der Waals surface area (Å²) in [4.78, 5) is 12.9. The fourth-order valence-corrected chi connectivity index (χ4v) is 5.79. The number of hydrazone groups is 1. The highest BCUT2D eigenvalue weighted by atomic mass is 35.5. The number of halogens is 2. The summed E-state index contributed by atoms with van der Waals surface area (Å²) in [5, 5.41) is 4.45. The molecule has 38 heavy (non-hydrogen) atoms. The Labute approximate surface area is 226 Å². The maximum absolute atomic E-state index is 13.1. The van der Waals surface area contributed by atoms with Crippen LogP contribution in [0.1, 0.15) is 30.9 Å². The van der Waals surface area contributed by atoms with E-state index in [9.17, 15) is 17.6 Å². The Bertz CT molecular complexity index is 1400. The molecule has 0 aromatic heterocycles. The van der Waals surface area contributed by atoms with E-state index < -0.39 is 22.0 Å². The third kappa shape index (κ3) is 6.69. The molecule has 1 aliphatic heterocycles. The van der Waals surface area contributed by atoms with Crippen LogP contribution in [-0.4, -0.2) is 44.0 Å². The smallest absolute Gasteiger partial charge is 0.258 e. The van der Waals surface area contributed by atoms with Crippen molar-refractivity contribution >= 4 is 33.7 Å². The standard InChI is InChI=1S/C27H27ClFN3O5S/c1-2-36-26-16-20(7-14-25(26)37-18-19-5-10-22(29)11-6-19)17-30-31-27(33)24-4-3-15-32(24)38(34,35)23-12-8-21(28)9-13-23/h5-14,16-17,24H,2-4,15,18H2,1H3,(H,31,33)/b30-17-/t24-/m1/s1. The van der Waals surface area contributed by atoms with Crippen molar-refractivity contribution in [3.63, 3.8) is 0 Å². The molecule has 8 nitrogen and oxygen atoms in total. The molecule has 4 rings (SSSR count). The number of amides is 1. The summed E-state index contributed by atoms with van der Waals surface area (Å²) in [6, 6.07) is 16.2. The molecule has 11 heteroatoms. The average Bonchev–Trinajstić information content (AvgIpc) is 3.41. The van der Waals surface area contributed by atoms with Crippen LogP contribution < -0.4 is 14.9 Å². The first-order chi connectivity index (χ1) is 18.3. The predicted molar refractivity (Wildman–Crippen MR) is 142 cm³/mol. The van der Waals surface area contributed by atoms with Crippen molar-refractivity contribution in [2.45, 2.75) is 37.3 Å². The molecule has 3 aromatic carbocycles. The molecule has 1 heterocycles. The normalized spacial score (nSPS) is 16.0. The summed E-state index contributed by atoms with van der Waals surface area (Å²) in [6.07, 6.45) is 2.39. The number of sulfonamides is 1. The van der Waals surface area contributed by atoms with Gasteiger partial charge in [0.25, 0.3) is 5.91 Å². The Hall–Kier alpha value is -3.47. The SMILES string of the molecule is CCOc1cc(/C=N\NC(=O)[C@H]2CCCN2S(=O)(=O)c2ccc(Cl)cc2)ccc1OCc1ccc(F)cc1. The molecule has 0 bridgehead atoms. The molecule has 0 saturated carbocycles. The van der Waals surface area contributed by atoms with Gasteiger partial charge >= 0.3 is 0 Å². The van der Waals surface area contributed by atoms with Crippen LogP contribution in [0.3, 0.4) is 0 Å². The van der Waals surface area contributed by atoms with E-state index in [2.05, 4.69) is 10.5 Å². The fraction of sp³-hybridized carbons (Fsp3) is 0.259. The lowest BCUT2D eigenvalue weighted by Gasteiger charge is -2.22. The topological polar surface area (TPSA) is 97.3 Å². The van der Waals surface area contributed by atoms with Crippen LogP contribution in [0, 0.1) is 5.82 Å². The van der Waals surface area contributed by atoms with E-state index in [4.69, 9.17) is 21.1 Å². The van der Waals surface area contributed by atoms with E-state index in [-0.39, 0.29) is 23.9 Å². The van der Waals surface area contributed by atoms with Crippen molar-refractivity contribution in [1.82, 2.24) is 9.73 Å². The maximum atomic E-state index is 13.1. The third-order valence-electron chi connectivity index (χ3n) is 5.89. The number of nitrogens with zero attached hydrogens (tertiary/aromatic N) is 2. The zero-order valence-electron chi connectivity index (χ0n) is 20.6. The summed E-state index contributed by atoms with van der Waals surface area (Å²) in [6.45, 7) is 2.73. The number of hydrogen-bond donors (Lipinski definition) is 1. The first kappa shape index (κ1) is 27.6. The molecule has 1 N–H and O–H groups in total. The van der Waals surface area contributed by atoms with Crippen molar-refractivity contribution in [2.24, 2.45) is 5.10 Å². The lowest BCUT2D eigenvalue weighted by molar-refractivity contribution is -0.124. The van der Waals surface area contributed by atoms with Crippen molar-refractivity contribution < 1.29 is 27.1 Å². The van der Waals surface area contributed by atoms with Gasteiger partial charge in [0.2, 0.25) is 10.0 Å². The molecule has 0 aliphatic carbocycles. The molecule has 1 saturated heterocycles. The quantitative estimate of drug-likeness (QED) is 0.285. The zero-order valence-corrected chi connectivity index (χ0v) is 22.2. The van der Waals surface area contributed by atoms with Gasteiger partial charge in [0, 0.05) is 11.6 Å².